The van der Waals surface area contributed by atoms with E-state index in [2.05, 4.69) is 22.6 Å². The summed E-state index contributed by atoms with van der Waals surface area (Å²) in [6, 6.07) is 10.0. The van der Waals surface area contributed by atoms with E-state index >= 15 is 0 Å². The number of aryl methyl sites for hydroxylation is 2. The Morgan fingerprint density at radius 1 is 1.38 bits per heavy atom. The van der Waals surface area contributed by atoms with Gasteiger partial charge in [-0.05, 0) is 25.8 Å². The van der Waals surface area contributed by atoms with E-state index in [1.54, 1.807) is 6.92 Å². The standard InChI is InChI=1S/C18H23N3O3/c1-13-17(14(2)24-20-13)19-18(22)21-9-8-16(10-21)12-23-11-15-6-4-3-5-7-15/h3-7,16H,8-12H2,1-2H3,(H,19,22)/t16-/m1/s1. The number of urea groups is 1. The van der Waals surface area contributed by atoms with Gasteiger partial charge >= 0.3 is 6.03 Å². The van der Waals surface area contributed by atoms with Gasteiger partial charge in [0.05, 0.1) is 13.2 Å². The van der Waals surface area contributed by atoms with Crippen LogP contribution in [0.3, 0.4) is 0 Å². The first-order valence-corrected chi connectivity index (χ1v) is 8.24. The van der Waals surface area contributed by atoms with Crippen LogP contribution in [0.15, 0.2) is 34.9 Å². The van der Waals surface area contributed by atoms with E-state index in [1.807, 2.05) is 30.0 Å². The molecule has 0 unspecified atom stereocenters. The van der Waals surface area contributed by atoms with Crippen LogP contribution in [0, 0.1) is 19.8 Å². The molecule has 1 saturated heterocycles. The van der Waals surface area contributed by atoms with E-state index in [0.717, 1.165) is 13.0 Å². The minimum Gasteiger partial charge on any atom is -0.376 e. The highest BCUT2D eigenvalue weighted by Gasteiger charge is 2.27. The van der Waals surface area contributed by atoms with Crippen molar-refractivity contribution in [3.8, 4) is 0 Å². The van der Waals surface area contributed by atoms with Crippen molar-refractivity contribution in [2.45, 2.75) is 26.9 Å². The zero-order valence-electron chi connectivity index (χ0n) is 14.1. The summed E-state index contributed by atoms with van der Waals surface area (Å²) in [5, 5.41) is 6.74. The molecule has 0 radical (unpaired) electrons. The Morgan fingerprint density at radius 2 is 2.17 bits per heavy atom. The lowest BCUT2D eigenvalue weighted by molar-refractivity contribution is 0.0900. The van der Waals surface area contributed by atoms with Crippen LogP contribution in [0.1, 0.15) is 23.4 Å². The van der Waals surface area contributed by atoms with Crippen LogP contribution in [-0.4, -0.2) is 35.8 Å². The van der Waals surface area contributed by atoms with Crippen molar-refractivity contribution in [1.82, 2.24) is 10.1 Å². The number of hydrogen-bond acceptors (Lipinski definition) is 4. The van der Waals surface area contributed by atoms with Crippen molar-refractivity contribution in [2.24, 2.45) is 5.92 Å². The molecule has 1 aliphatic rings. The highest BCUT2D eigenvalue weighted by molar-refractivity contribution is 5.90. The Hall–Kier alpha value is -2.34. The van der Waals surface area contributed by atoms with Gasteiger partial charge < -0.3 is 19.5 Å². The van der Waals surface area contributed by atoms with E-state index < -0.39 is 0 Å². The highest BCUT2D eigenvalue weighted by Crippen LogP contribution is 2.22. The SMILES string of the molecule is Cc1noc(C)c1NC(=O)N1CC[C@@H](COCc2ccccc2)C1. The quantitative estimate of drug-likeness (QED) is 0.913. The Kier molecular flexibility index (Phi) is 5.15. The summed E-state index contributed by atoms with van der Waals surface area (Å²) in [6.45, 7) is 6.35. The molecule has 2 amide bonds. The van der Waals surface area contributed by atoms with E-state index in [0.29, 0.717) is 42.8 Å². The van der Waals surface area contributed by atoms with Gasteiger partial charge in [0.25, 0.3) is 0 Å². The van der Waals surface area contributed by atoms with Gasteiger partial charge in [0.1, 0.15) is 11.4 Å². The molecule has 1 aromatic carbocycles. The van der Waals surface area contributed by atoms with E-state index in [4.69, 9.17) is 9.26 Å². The number of likely N-dealkylation sites (tertiary alicyclic amines) is 1. The zero-order valence-corrected chi connectivity index (χ0v) is 14.1. The van der Waals surface area contributed by atoms with Gasteiger partial charge in [-0.2, -0.15) is 0 Å². The van der Waals surface area contributed by atoms with Gasteiger partial charge in [-0.3, -0.25) is 0 Å². The van der Waals surface area contributed by atoms with Crippen molar-refractivity contribution in [3.05, 3.63) is 47.3 Å². The molecule has 1 aromatic heterocycles. The van der Waals surface area contributed by atoms with Crippen LogP contribution >= 0.6 is 0 Å². The Morgan fingerprint density at radius 3 is 2.88 bits per heavy atom. The minimum atomic E-state index is -0.102. The zero-order chi connectivity index (χ0) is 16.9. The molecule has 1 fully saturated rings. The van der Waals surface area contributed by atoms with Crippen LogP contribution in [0.2, 0.25) is 0 Å². The smallest absolute Gasteiger partial charge is 0.322 e. The molecule has 2 aromatic rings. The van der Waals surface area contributed by atoms with Crippen LogP contribution in [0.4, 0.5) is 10.5 Å². The maximum Gasteiger partial charge on any atom is 0.322 e. The molecule has 0 saturated carbocycles. The second-order valence-electron chi connectivity index (χ2n) is 6.23. The number of nitrogens with zero attached hydrogens (tertiary/aromatic N) is 2. The molecule has 2 heterocycles. The Labute approximate surface area is 141 Å². The van der Waals surface area contributed by atoms with Gasteiger partial charge in [-0.25, -0.2) is 4.79 Å². The second kappa shape index (κ2) is 7.49. The number of aromatic nitrogens is 1. The fourth-order valence-electron chi connectivity index (χ4n) is 2.92. The van der Waals surface area contributed by atoms with E-state index in [9.17, 15) is 4.79 Å². The molecule has 128 valence electrons. The predicted octanol–water partition coefficient (Wildman–Crippen LogP) is 3.36. The second-order valence-corrected chi connectivity index (χ2v) is 6.23. The number of ether oxygens (including phenoxy) is 1. The number of carbonyl (C=O) groups is 1. The molecule has 1 atom stereocenters. The van der Waals surface area contributed by atoms with Gasteiger partial charge in [0, 0.05) is 19.0 Å². The molecule has 6 nitrogen and oxygen atoms in total. The lowest BCUT2D eigenvalue weighted by atomic mass is 10.1. The number of benzene rings is 1. The van der Waals surface area contributed by atoms with Crippen molar-refractivity contribution in [1.29, 1.82) is 0 Å². The summed E-state index contributed by atoms with van der Waals surface area (Å²) >= 11 is 0. The van der Waals surface area contributed by atoms with Crippen molar-refractivity contribution in [3.63, 3.8) is 0 Å². The average molecular weight is 329 g/mol. The van der Waals surface area contributed by atoms with Gasteiger partial charge in [-0.1, -0.05) is 35.5 Å². The third-order valence-electron chi connectivity index (χ3n) is 4.30. The first-order chi connectivity index (χ1) is 11.6. The largest absolute Gasteiger partial charge is 0.376 e. The number of anilines is 1. The summed E-state index contributed by atoms with van der Waals surface area (Å²) in [5.41, 5.74) is 2.54. The van der Waals surface area contributed by atoms with Gasteiger partial charge in [-0.15, -0.1) is 0 Å². The first kappa shape index (κ1) is 16.5. The Balaban J connectivity index is 1.44. The van der Waals surface area contributed by atoms with Crippen molar-refractivity contribution >= 4 is 11.7 Å². The summed E-state index contributed by atoms with van der Waals surface area (Å²) < 4.78 is 10.9. The van der Waals surface area contributed by atoms with Crippen LogP contribution in [0.5, 0.6) is 0 Å². The summed E-state index contributed by atoms with van der Waals surface area (Å²) in [6.07, 6.45) is 0.962. The number of hydrogen-bond donors (Lipinski definition) is 1. The van der Waals surface area contributed by atoms with Crippen LogP contribution < -0.4 is 5.32 Å². The number of rotatable bonds is 5. The van der Waals surface area contributed by atoms with Crippen LogP contribution in [0.25, 0.3) is 0 Å². The number of nitrogens with one attached hydrogen (secondary N) is 1. The molecule has 0 bridgehead atoms. The lowest BCUT2D eigenvalue weighted by Crippen LogP contribution is -2.33. The summed E-state index contributed by atoms with van der Waals surface area (Å²) in [5.74, 6) is 1.01. The normalized spacial score (nSPS) is 17.2. The van der Waals surface area contributed by atoms with Crippen LogP contribution in [-0.2, 0) is 11.3 Å². The number of carbonyl (C=O) groups excluding carboxylic acids is 1. The molecule has 0 aliphatic carbocycles. The third kappa shape index (κ3) is 3.94. The fraction of sp³-hybridized carbons (Fsp3) is 0.444. The Bertz CT molecular complexity index is 665. The van der Waals surface area contributed by atoms with Gasteiger partial charge in [0.15, 0.2) is 5.76 Å². The molecular formula is C18H23N3O3. The maximum absolute atomic E-state index is 12.4. The predicted molar refractivity (Wildman–Crippen MR) is 90.8 cm³/mol. The molecule has 3 rings (SSSR count). The summed E-state index contributed by atoms with van der Waals surface area (Å²) in [7, 11) is 0. The molecule has 6 heteroatoms. The van der Waals surface area contributed by atoms with E-state index in [1.165, 1.54) is 5.56 Å². The molecular weight excluding hydrogens is 306 g/mol. The maximum atomic E-state index is 12.4. The minimum absolute atomic E-state index is 0.102. The third-order valence-corrected chi connectivity index (χ3v) is 4.30. The molecule has 0 spiro atoms. The topological polar surface area (TPSA) is 67.6 Å². The first-order valence-electron chi connectivity index (χ1n) is 8.24. The lowest BCUT2D eigenvalue weighted by Gasteiger charge is -2.17. The summed E-state index contributed by atoms with van der Waals surface area (Å²) in [4.78, 5) is 14.2. The van der Waals surface area contributed by atoms with Crippen molar-refractivity contribution < 1.29 is 14.1 Å². The molecule has 24 heavy (non-hydrogen) atoms. The van der Waals surface area contributed by atoms with Gasteiger partial charge in [0.2, 0.25) is 0 Å². The van der Waals surface area contributed by atoms with Crippen molar-refractivity contribution in [2.75, 3.05) is 25.0 Å². The average Bonchev–Trinajstić information content (AvgIpc) is 3.18. The highest BCUT2D eigenvalue weighted by atomic mass is 16.5. The molecule has 1 N–H and O–H groups in total. The molecule has 1 aliphatic heterocycles. The monoisotopic (exact) mass is 329 g/mol. The van der Waals surface area contributed by atoms with E-state index in [-0.39, 0.29) is 6.03 Å². The number of amides is 2. The fourth-order valence-corrected chi connectivity index (χ4v) is 2.92.